The zero-order valence-electron chi connectivity index (χ0n) is 13.2. The lowest BCUT2D eigenvalue weighted by molar-refractivity contribution is -0.181. The third-order valence-electron chi connectivity index (χ3n) is 3.98. The highest BCUT2D eigenvalue weighted by Gasteiger charge is 2.55. The minimum absolute atomic E-state index is 0.00367. The fourth-order valence-electron chi connectivity index (χ4n) is 3.19. The molecule has 0 aromatic heterocycles. The summed E-state index contributed by atoms with van der Waals surface area (Å²) in [6, 6.07) is 0. The minimum atomic E-state index is -0.808. The molecular formula is C15H22O7. The zero-order chi connectivity index (χ0) is 16.5. The highest BCUT2D eigenvalue weighted by molar-refractivity contribution is 5.67. The van der Waals surface area contributed by atoms with Gasteiger partial charge < -0.3 is 23.7 Å². The van der Waals surface area contributed by atoms with Crippen LogP contribution < -0.4 is 0 Å². The van der Waals surface area contributed by atoms with Crippen molar-refractivity contribution in [2.45, 2.75) is 58.2 Å². The van der Waals surface area contributed by atoms with Gasteiger partial charge in [-0.15, -0.1) is 0 Å². The molecule has 0 bridgehead atoms. The topological polar surface area (TPSA) is 88.1 Å². The van der Waals surface area contributed by atoms with Crippen LogP contribution in [0.5, 0.6) is 0 Å². The van der Waals surface area contributed by atoms with Crippen LogP contribution in [0.2, 0.25) is 0 Å². The van der Waals surface area contributed by atoms with Crippen LogP contribution in [0.4, 0.5) is 0 Å². The van der Waals surface area contributed by atoms with Gasteiger partial charge in [-0.3, -0.25) is 9.59 Å². The molecule has 0 N–H and O–H groups in total. The van der Waals surface area contributed by atoms with E-state index in [9.17, 15) is 14.4 Å². The fourth-order valence-corrected chi connectivity index (χ4v) is 3.19. The lowest BCUT2D eigenvalue weighted by Crippen LogP contribution is -2.53. The molecule has 1 saturated carbocycles. The first kappa shape index (κ1) is 16.9. The van der Waals surface area contributed by atoms with Crippen molar-refractivity contribution >= 4 is 18.2 Å². The van der Waals surface area contributed by atoms with Gasteiger partial charge in [-0.2, -0.15) is 0 Å². The number of rotatable bonds is 4. The SMILES string of the molecule is CC(=O)OC[C@@H]1[C@@H](OC(C)=O)[C@@H]2OC(C)(C)O[C@@H]2C[C@@H]1C=O. The predicted octanol–water partition coefficient (Wildman–Crippen LogP) is 0.836. The molecule has 22 heavy (non-hydrogen) atoms. The second-order valence-corrected chi connectivity index (χ2v) is 6.21. The Morgan fingerprint density at radius 3 is 2.45 bits per heavy atom. The molecule has 2 rings (SSSR count). The van der Waals surface area contributed by atoms with Crippen LogP contribution in [0.3, 0.4) is 0 Å². The van der Waals surface area contributed by atoms with Crippen LogP contribution in [-0.4, -0.2) is 48.9 Å². The normalized spacial score (nSPS) is 36.3. The Labute approximate surface area is 129 Å². The molecule has 0 spiro atoms. The Hall–Kier alpha value is -1.47. The van der Waals surface area contributed by atoms with E-state index < -0.39 is 41.8 Å². The maximum atomic E-state index is 11.4. The standard InChI is InChI=1S/C15H22O7/c1-8(17)19-7-11-10(6-16)5-12-14(13(11)20-9(2)18)22-15(3,4)21-12/h6,10-14H,5,7H2,1-4H3/t10-,11+,12-,13-,14-/m1/s1. The summed E-state index contributed by atoms with van der Waals surface area (Å²) in [5.74, 6) is -2.60. The molecule has 1 saturated heterocycles. The summed E-state index contributed by atoms with van der Waals surface area (Å²) in [6.45, 7) is 6.13. The van der Waals surface area contributed by atoms with E-state index in [-0.39, 0.29) is 12.7 Å². The second-order valence-electron chi connectivity index (χ2n) is 6.21. The molecular weight excluding hydrogens is 292 g/mol. The van der Waals surface area contributed by atoms with Crippen molar-refractivity contribution < 1.29 is 33.3 Å². The highest BCUT2D eigenvalue weighted by atomic mass is 16.8. The Bertz CT molecular complexity index is 459. The Morgan fingerprint density at radius 1 is 1.23 bits per heavy atom. The van der Waals surface area contributed by atoms with E-state index in [0.717, 1.165) is 6.29 Å². The molecule has 0 amide bonds. The van der Waals surface area contributed by atoms with Crippen molar-refractivity contribution in [1.29, 1.82) is 0 Å². The number of fused-ring (bicyclic) bond motifs is 1. The average molecular weight is 314 g/mol. The van der Waals surface area contributed by atoms with Gasteiger partial charge >= 0.3 is 11.9 Å². The third kappa shape index (κ3) is 3.64. The lowest BCUT2D eigenvalue weighted by Gasteiger charge is -2.39. The number of esters is 2. The van der Waals surface area contributed by atoms with E-state index in [0.29, 0.717) is 6.42 Å². The number of carbonyl (C=O) groups is 3. The number of carbonyl (C=O) groups excluding carboxylic acids is 3. The van der Waals surface area contributed by atoms with Crippen LogP contribution in [0.25, 0.3) is 0 Å². The van der Waals surface area contributed by atoms with Crippen molar-refractivity contribution in [3.05, 3.63) is 0 Å². The molecule has 2 fully saturated rings. The molecule has 1 heterocycles. The Kier molecular flexibility index (Phi) is 4.87. The third-order valence-corrected chi connectivity index (χ3v) is 3.98. The molecule has 1 aliphatic heterocycles. The van der Waals surface area contributed by atoms with Crippen molar-refractivity contribution in [2.75, 3.05) is 6.61 Å². The summed E-state index contributed by atoms with van der Waals surface area (Å²) in [7, 11) is 0. The van der Waals surface area contributed by atoms with E-state index in [4.69, 9.17) is 18.9 Å². The summed E-state index contributed by atoms with van der Waals surface area (Å²) in [4.78, 5) is 33.9. The summed E-state index contributed by atoms with van der Waals surface area (Å²) in [5.41, 5.74) is 0. The average Bonchev–Trinajstić information content (AvgIpc) is 2.70. The van der Waals surface area contributed by atoms with Gasteiger partial charge in [0.05, 0.1) is 12.7 Å². The van der Waals surface area contributed by atoms with E-state index in [2.05, 4.69) is 0 Å². The van der Waals surface area contributed by atoms with Crippen molar-refractivity contribution in [3.8, 4) is 0 Å². The van der Waals surface area contributed by atoms with Crippen molar-refractivity contribution in [3.63, 3.8) is 0 Å². The summed E-state index contributed by atoms with van der Waals surface area (Å²) in [5, 5.41) is 0. The van der Waals surface area contributed by atoms with Crippen LogP contribution in [0.15, 0.2) is 0 Å². The molecule has 0 radical (unpaired) electrons. The molecule has 0 aromatic rings. The molecule has 0 unspecified atom stereocenters. The van der Waals surface area contributed by atoms with Gasteiger partial charge in [0.25, 0.3) is 0 Å². The second kappa shape index (κ2) is 6.34. The molecule has 7 heteroatoms. The fraction of sp³-hybridized carbons (Fsp3) is 0.800. The first-order valence-electron chi connectivity index (χ1n) is 7.35. The van der Waals surface area contributed by atoms with E-state index in [1.54, 1.807) is 13.8 Å². The molecule has 5 atom stereocenters. The van der Waals surface area contributed by atoms with Gasteiger partial charge in [0.2, 0.25) is 0 Å². The smallest absolute Gasteiger partial charge is 0.303 e. The largest absolute Gasteiger partial charge is 0.465 e. The van der Waals surface area contributed by atoms with Crippen LogP contribution in [0.1, 0.15) is 34.1 Å². The summed E-state index contributed by atoms with van der Waals surface area (Å²) >= 11 is 0. The molecule has 2 aliphatic rings. The molecule has 1 aliphatic carbocycles. The van der Waals surface area contributed by atoms with Crippen LogP contribution in [0, 0.1) is 11.8 Å². The summed E-state index contributed by atoms with van der Waals surface area (Å²) < 4.78 is 22.1. The zero-order valence-corrected chi connectivity index (χ0v) is 13.2. The minimum Gasteiger partial charge on any atom is -0.465 e. The van der Waals surface area contributed by atoms with Gasteiger partial charge in [0, 0.05) is 25.7 Å². The molecule has 0 aromatic carbocycles. The first-order valence-corrected chi connectivity index (χ1v) is 7.35. The van der Waals surface area contributed by atoms with Crippen molar-refractivity contribution in [2.24, 2.45) is 11.8 Å². The molecule has 124 valence electrons. The van der Waals surface area contributed by atoms with Gasteiger partial charge in [-0.1, -0.05) is 0 Å². The number of hydrogen-bond acceptors (Lipinski definition) is 7. The monoisotopic (exact) mass is 314 g/mol. The van der Waals surface area contributed by atoms with Gasteiger partial charge in [-0.05, 0) is 20.3 Å². The maximum absolute atomic E-state index is 11.4. The Morgan fingerprint density at radius 2 is 1.91 bits per heavy atom. The number of aldehydes is 1. The van der Waals surface area contributed by atoms with Gasteiger partial charge in [0.15, 0.2) is 5.79 Å². The van der Waals surface area contributed by atoms with Gasteiger partial charge in [0.1, 0.15) is 18.5 Å². The van der Waals surface area contributed by atoms with Crippen LogP contribution in [-0.2, 0) is 33.3 Å². The Balaban J connectivity index is 2.24. The lowest BCUT2D eigenvalue weighted by atomic mass is 9.75. The van der Waals surface area contributed by atoms with Gasteiger partial charge in [-0.25, -0.2) is 0 Å². The van der Waals surface area contributed by atoms with E-state index in [1.165, 1.54) is 13.8 Å². The maximum Gasteiger partial charge on any atom is 0.303 e. The van der Waals surface area contributed by atoms with Crippen LogP contribution >= 0.6 is 0 Å². The number of ether oxygens (including phenoxy) is 4. The van der Waals surface area contributed by atoms with Crippen molar-refractivity contribution in [1.82, 2.24) is 0 Å². The quantitative estimate of drug-likeness (QED) is 0.561. The first-order chi connectivity index (χ1) is 10.2. The molecule has 7 nitrogen and oxygen atoms in total. The predicted molar refractivity (Wildman–Crippen MR) is 73.7 cm³/mol. The highest BCUT2D eigenvalue weighted by Crippen LogP contribution is 2.42. The number of hydrogen-bond donors (Lipinski definition) is 0. The summed E-state index contributed by atoms with van der Waals surface area (Å²) in [6.07, 6.45) is -0.247. The van der Waals surface area contributed by atoms with E-state index in [1.807, 2.05) is 0 Å². The van der Waals surface area contributed by atoms with E-state index >= 15 is 0 Å².